The van der Waals surface area contributed by atoms with E-state index >= 15 is 0 Å². The topological polar surface area (TPSA) is 114 Å². The van der Waals surface area contributed by atoms with Gasteiger partial charge in [-0.25, -0.2) is 10.3 Å². The Morgan fingerprint density at radius 2 is 1.66 bits per heavy atom. The molecular formula is C21H32N2O6. The Hall–Kier alpha value is -2.45. The minimum atomic E-state index is -1.19. The van der Waals surface area contributed by atoms with E-state index < -0.39 is 35.8 Å². The normalized spacial score (nSPS) is 14.2. The van der Waals surface area contributed by atoms with Crippen molar-refractivity contribution in [2.75, 3.05) is 7.11 Å². The number of benzene rings is 1. The number of hydroxylamine groups is 1. The SMILES string of the molecule is CO[C@H](C(=O)NO)[C@@H](CC(C)C)C(=O)NC(Cc1ccccc1)C(=O)OC(C)C. The molecule has 8 nitrogen and oxygen atoms in total. The van der Waals surface area contributed by atoms with Crippen LogP contribution in [-0.2, 0) is 30.3 Å². The van der Waals surface area contributed by atoms with Gasteiger partial charge in [-0.2, -0.15) is 0 Å². The van der Waals surface area contributed by atoms with Crippen molar-refractivity contribution in [2.45, 2.75) is 58.8 Å². The lowest BCUT2D eigenvalue weighted by molar-refractivity contribution is -0.154. The highest BCUT2D eigenvalue weighted by Crippen LogP contribution is 2.19. The van der Waals surface area contributed by atoms with Crippen LogP contribution in [0.4, 0.5) is 0 Å². The summed E-state index contributed by atoms with van der Waals surface area (Å²) in [5.74, 6) is -2.71. The van der Waals surface area contributed by atoms with E-state index in [2.05, 4.69) is 5.32 Å². The summed E-state index contributed by atoms with van der Waals surface area (Å²) in [5.41, 5.74) is 2.39. The molecule has 0 radical (unpaired) electrons. The molecule has 8 heteroatoms. The Kier molecular flexibility index (Phi) is 10.3. The van der Waals surface area contributed by atoms with E-state index in [4.69, 9.17) is 14.7 Å². The summed E-state index contributed by atoms with van der Waals surface area (Å²) in [6.45, 7) is 7.26. The molecule has 0 fully saturated rings. The largest absolute Gasteiger partial charge is 0.461 e. The number of rotatable bonds is 11. The second-order valence-corrected chi connectivity index (χ2v) is 7.60. The van der Waals surface area contributed by atoms with E-state index in [1.54, 1.807) is 13.8 Å². The predicted molar refractivity (Wildman–Crippen MR) is 107 cm³/mol. The molecular weight excluding hydrogens is 376 g/mol. The van der Waals surface area contributed by atoms with Crippen LogP contribution < -0.4 is 10.8 Å². The van der Waals surface area contributed by atoms with Gasteiger partial charge >= 0.3 is 5.97 Å². The minimum absolute atomic E-state index is 0.0741. The zero-order chi connectivity index (χ0) is 22.0. The Bertz CT molecular complexity index is 662. The molecule has 0 spiro atoms. The number of hydrogen-bond donors (Lipinski definition) is 3. The third-order valence-electron chi connectivity index (χ3n) is 4.29. The molecule has 0 aliphatic carbocycles. The zero-order valence-electron chi connectivity index (χ0n) is 17.7. The molecule has 2 amide bonds. The van der Waals surface area contributed by atoms with E-state index in [-0.39, 0.29) is 18.4 Å². The first-order valence-corrected chi connectivity index (χ1v) is 9.71. The smallest absolute Gasteiger partial charge is 0.329 e. The molecule has 1 aromatic carbocycles. The number of methoxy groups -OCH3 is 1. The average Bonchev–Trinajstić information content (AvgIpc) is 2.66. The second kappa shape index (κ2) is 12.2. The molecule has 0 saturated carbocycles. The Balaban J connectivity index is 3.08. The Morgan fingerprint density at radius 1 is 1.03 bits per heavy atom. The fourth-order valence-corrected chi connectivity index (χ4v) is 3.03. The van der Waals surface area contributed by atoms with Crippen molar-refractivity contribution in [3.8, 4) is 0 Å². The van der Waals surface area contributed by atoms with Gasteiger partial charge in [0.2, 0.25) is 5.91 Å². The molecule has 1 rings (SSSR count). The van der Waals surface area contributed by atoms with Gasteiger partial charge in [-0.1, -0.05) is 44.2 Å². The molecule has 162 valence electrons. The maximum absolute atomic E-state index is 13.0. The molecule has 1 unspecified atom stereocenters. The van der Waals surface area contributed by atoms with Gasteiger partial charge < -0.3 is 14.8 Å². The lowest BCUT2D eigenvalue weighted by Gasteiger charge is -2.27. The lowest BCUT2D eigenvalue weighted by atomic mass is 9.90. The molecule has 0 bridgehead atoms. The lowest BCUT2D eigenvalue weighted by Crippen LogP contribution is -2.51. The van der Waals surface area contributed by atoms with Crippen LogP contribution in [0.1, 0.15) is 39.7 Å². The molecule has 0 aromatic heterocycles. The molecule has 0 aliphatic rings. The molecule has 3 atom stereocenters. The van der Waals surface area contributed by atoms with Crippen LogP contribution in [0.3, 0.4) is 0 Å². The van der Waals surface area contributed by atoms with E-state index in [1.165, 1.54) is 12.6 Å². The van der Waals surface area contributed by atoms with Crippen LogP contribution in [0.2, 0.25) is 0 Å². The van der Waals surface area contributed by atoms with Crippen LogP contribution in [0, 0.1) is 11.8 Å². The van der Waals surface area contributed by atoms with Gasteiger partial charge in [-0.15, -0.1) is 0 Å². The third kappa shape index (κ3) is 8.21. The molecule has 3 N–H and O–H groups in total. The van der Waals surface area contributed by atoms with E-state index in [1.807, 2.05) is 44.2 Å². The fourth-order valence-electron chi connectivity index (χ4n) is 3.03. The van der Waals surface area contributed by atoms with Crippen molar-refractivity contribution < 1.29 is 29.1 Å². The minimum Gasteiger partial charge on any atom is -0.461 e. The number of esters is 1. The van der Waals surface area contributed by atoms with Crippen molar-refractivity contribution in [1.82, 2.24) is 10.8 Å². The molecule has 0 saturated heterocycles. The van der Waals surface area contributed by atoms with Crippen molar-refractivity contribution in [3.63, 3.8) is 0 Å². The summed E-state index contributed by atoms with van der Waals surface area (Å²) in [5, 5.41) is 11.7. The Morgan fingerprint density at radius 3 is 2.14 bits per heavy atom. The van der Waals surface area contributed by atoms with E-state index in [9.17, 15) is 14.4 Å². The van der Waals surface area contributed by atoms with Gasteiger partial charge in [0, 0.05) is 13.5 Å². The van der Waals surface area contributed by atoms with Gasteiger partial charge in [0.15, 0.2) is 0 Å². The number of nitrogens with one attached hydrogen (secondary N) is 2. The summed E-state index contributed by atoms with van der Waals surface area (Å²) in [7, 11) is 1.29. The first kappa shape index (κ1) is 24.6. The predicted octanol–water partition coefficient (Wildman–Crippen LogP) is 1.85. The zero-order valence-corrected chi connectivity index (χ0v) is 17.7. The van der Waals surface area contributed by atoms with E-state index in [0.29, 0.717) is 6.42 Å². The molecule has 1 aromatic rings. The summed E-state index contributed by atoms with van der Waals surface area (Å²) < 4.78 is 10.5. The highest BCUT2D eigenvalue weighted by Gasteiger charge is 2.36. The van der Waals surface area contributed by atoms with Gasteiger partial charge in [0.25, 0.3) is 5.91 Å². The van der Waals surface area contributed by atoms with Gasteiger partial charge in [-0.05, 0) is 31.7 Å². The number of hydrogen-bond acceptors (Lipinski definition) is 6. The maximum Gasteiger partial charge on any atom is 0.329 e. The Labute approximate surface area is 171 Å². The first-order valence-electron chi connectivity index (χ1n) is 9.71. The summed E-state index contributed by atoms with van der Waals surface area (Å²) >= 11 is 0. The molecule has 0 heterocycles. The van der Waals surface area contributed by atoms with Crippen LogP contribution >= 0.6 is 0 Å². The summed E-state index contributed by atoms with van der Waals surface area (Å²) in [6.07, 6.45) is -0.956. The highest BCUT2D eigenvalue weighted by atomic mass is 16.5. The monoisotopic (exact) mass is 408 g/mol. The molecule has 29 heavy (non-hydrogen) atoms. The number of amides is 2. The quantitative estimate of drug-likeness (QED) is 0.292. The van der Waals surface area contributed by atoms with Crippen LogP contribution in [-0.4, -0.2) is 48.4 Å². The third-order valence-corrected chi connectivity index (χ3v) is 4.29. The van der Waals surface area contributed by atoms with Crippen molar-refractivity contribution in [3.05, 3.63) is 35.9 Å². The fraction of sp³-hybridized carbons (Fsp3) is 0.571. The number of carbonyl (C=O) groups is 3. The van der Waals surface area contributed by atoms with Crippen LogP contribution in [0.5, 0.6) is 0 Å². The van der Waals surface area contributed by atoms with Crippen LogP contribution in [0.25, 0.3) is 0 Å². The summed E-state index contributed by atoms with van der Waals surface area (Å²) in [4.78, 5) is 37.6. The molecule has 0 aliphatic heterocycles. The van der Waals surface area contributed by atoms with Crippen molar-refractivity contribution >= 4 is 17.8 Å². The van der Waals surface area contributed by atoms with Crippen molar-refractivity contribution in [2.24, 2.45) is 11.8 Å². The maximum atomic E-state index is 13.0. The second-order valence-electron chi connectivity index (χ2n) is 7.60. The number of ether oxygens (including phenoxy) is 2. The van der Waals surface area contributed by atoms with Gasteiger partial charge in [0.05, 0.1) is 12.0 Å². The summed E-state index contributed by atoms with van der Waals surface area (Å²) in [6, 6.07) is 8.33. The van der Waals surface area contributed by atoms with Crippen molar-refractivity contribution in [1.29, 1.82) is 0 Å². The van der Waals surface area contributed by atoms with Gasteiger partial charge in [-0.3, -0.25) is 14.8 Å². The van der Waals surface area contributed by atoms with Gasteiger partial charge in [0.1, 0.15) is 12.1 Å². The standard InChI is InChI=1S/C21H32N2O6/c1-13(2)11-16(18(28-5)20(25)23-27)19(24)22-17(21(26)29-14(3)4)12-15-9-7-6-8-10-15/h6-10,13-14,16-18,27H,11-12H2,1-5H3,(H,22,24)(H,23,25)/t16-,17?,18+/m1/s1. The average molecular weight is 408 g/mol. The first-order chi connectivity index (χ1) is 13.7. The van der Waals surface area contributed by atoms with Crippen LogP contribution in [0.15, 0.2) is 30.3 Å². The van der Waals surface area contributed by atoms with E-state index in [0.717, 1.165) is 5.56 Å². The number of carbonyl (C=O) groups excluding carboxylic acids is 3. The highest BCUT2D eigenvalue weighted by molar-refractivity contribution is 5.91.